The first-order chi connectivity index (χ1) is 10.0. The molecule has 1 aromatic carbocycles. The minimum Gasteiger partial charge on any atom is -0.464 e. The summed E-state index contributed by atoms with van der Waals surface area (Å²) in [4.78, 5) is 19.6. The maximum Gasteiger partial charge on any atom is 0.360 e. The molecule has 2 rings (SSSR count). The molecule has 0 aliphatic heterocycles. The fourth-order valence-corrected chi connectivity index (χ4v) is 2.22. The number of ether oxygens (including phenoxy) is 1. The van der Waals surface area contributed by atoms with Crippen LogP contribution in [0.25, 0.3) is 11.3 Å². The number of aromatic nitrogens is 2. The molecule has 0 atom stereocenters. The highest BCUT2D eigenvalue weighted by Gasteiger charge is 2.14. The monoisotopic (exact) mass is 307 g/mol. The Morgan fingerprint density at radius 2 is 1.95 bits per heavy atom. The molecule has 7 nitrogen and oxygen atoms in total. The second-order valence-electron chi connectivity index (χ2n) is 4.17. The number of carbonyl (C=O) groups is 1. The molecule has 0 radical (unpaired) electrons. The summed E-state index contributed by atoms with van der Waals surface area (Å²) in [5, 5.41) is 0. The summed E-state index contributed by atoms with van der Waals surface area (Å²) < 4.78 is 25.9. The van der Waals surface area contributed by atoms with Crippen LogP contribution in [-0.2, 0) is 21.2 Å². The van der Waals surface area contributed by atoms with Crippen molar-refractivity contribution in [2.24, 2.45) is 0 Å². The van der Waals surface area contributed by atoms with E-state index >= 15 is 0 Å². The van der Waals surface area contributed by atoms with Gasteiger partial charge in [-0.3, -0.25) is 0 Å². The van der Waals surface area contributed by atoms with Gasteiger partial charge in [-0.15, -0.1) is 0 Å². The molecule has 0 amide bonds. The van der Waals surface area contributed by atoms with E-state index in [0.29, 0.717) is 16.8 Å². The Morgan fingerprint density at radius 3 is 2.52 bits per heavy atom. The molecule has 0 bridgehead atoms. The first-order valence-electron chi connectivity index (χ1n) is 5.93. The molecule has 0 fully saturated rings. The first-order valence-corrected chi connectivity index (χ1v) is 7.29. The average Bonchev–Trinajstić information content (AvgIpc) is 2.47. The van der Waals surface area contributed by atoms with Gasteiger partial charge < -0.3 is 10.5 Å². The second kappa shape index (κ2) is 6.31. The van der Waals surface area contributed by atoms with E-state index in [4.69, 9.17) is 5.73 Å². The van der Waals surface area contributed by atoms with Gasteiger partial charge in [-0.05, 0) is 5.56 Å². The highest BCUT2D eigenvalue weighted by molar-refractivity contribution is 7.71. The van der Waals surface area contributed by atoms with E-state index in [-0.39, 0.29) is 17.3 Å². The molecule has 1 heterocycles. The van der Waals surface area contributed by atoms with E-state index in [2.05, 4.69) is 14.7 Å². The third-order valence-corrected chi connectivity index (χ3v) is 3.36. The Labute approximate surface area is 122 Å². The Balaban J connectivity index is 2.36. The zero-order chi connectivity index (χ0) is 15.4. The number of esters is 1. The summed E-state index contributed by atoms with van der Waals surface area (Å²) in [6, 6.07) is 6.76. The summed E-state index contributed by atoms with van der Waals surface area (Å²) in [7, 11) is -1.24. The van der Waals surface area contributed by atoms with Crippen LogP contribution in [0.5, 0.6) is 0 Å². The Bertz CT molecular complexity index is 734. The molecular weight excluding hydrogens is 294 g/mol. The summed E-state index contributed by atoms with van der Waals surface area (Å²) in [6.07, 6.45) is 1.44. The molecule has 0 saturated heterocycles. The van der Waals surface area contributed by atoms with Crippen LogP contribution < -0.4 is 5.73 Å². The van der Waals surface area contributed by atoms with E-state index < -0.39 is 16.7 Å². The molecular formula is C13H13N3O4S. The SMILES string of the molecule is COC(=O)c1nc(-c2ccc(C[SH](=O)=O)cc2)cnc1N. The van der Waals surface area contributed by atoms with E-state index in [1.54, 1.807) is 24.3 Å². The topological polar surface area (TPSA) is 112 Å². The number of anilines is 1. The maximum atomic E-state index is 11.5. The molecule has 0 aliphatic carbocycles. The number of thiol groups is 1. The van der Waals surface area contributed by atoms with Crippen LogP contribution >= 0.6 is 0 Å². The van der Waals surface area contributed by atoms with Crippen LogP contribution in [0.4, 0.5) is 5.82 Å². The van der Waals surface area contributed by atoms with Crippen molar-refractivity contribution in [1.82, 2.24) is 9.97 Å². The van der Waals surface area contributed by atoms with Gasteiger partial charge in [0.1, 0.15) is 10.7 Å². The predicted molar refractivity (Wildman–Crippen MR) is 77.2 cm³/mol. The molecule has 8 heteroatoms. The van der Waals surface area contributed by atoms with E-state index in [0.717, 1.165) is 0 Å². The van der Waals surface area contributed by atoms with Gasteiger partial charge in [0.15, 0.2) is 11.5 Å². The van der Waals surface area contributed by atoms with Crippen molar-refractivity contribution in [1.29, 1.82) is 0 Å². The van der Waals surface area contributed by atoms with Crippen molar-refractivity contribution in [2.45, 2.75) is 5.75 Å². The van der Waals surface area contributed by atoms with Crippen LogP contribution in [0.15, 0.2) is 30.5 Å². The molecule has 21 heavy (non-hydrogen) atoms. The van der Waals surface area contributed by atoms with Gasteiger partial charge in [0.05, 0.1) is 24.8 Å². The summed E-state index contributed by atoms with van der Waals surface area (Å²) in [5.74, 6) is -0.691. The molecule has 0 saturated carbocycles. The average molecular weight is 307 g/mol. The van der Waals surface area contributed by atoms with Crippen molar-refractivity contribution in [3.63, 3.8) is 0 Å². The smallest absolute Gasteiger partial charge is 0.360 e. The van der Waals surface area contributed by atoms with E-state index in [1.807, 2.05) is 0 Å². The van der Waals surface area contributed by atoms with E-state index in [9.17, 15) is 13.2 Å². The van der Waals surface area contributed by atoms with Gasteiger partial charge in [0, 0.05) is 5.56 Å². The highest BCUT2D eigenvalue weighted by Crippen LogP contribution is 2.19. The largest absolute Gasteiger partial charge is 0.464 e. The first kappa shape index (κ1) is 14.9. The van der Waals surface area contributed by atoms with Crippen LogP contribution in [0.1, 0.15) is 16.1 Å². The number of hydrogen-bond acceptors (Lipinski definition) is 7. The van der Waals surface area contributed by atoms with Crippen molar-refractivity contribution in [2.75, 3.05) is 12.8 Å². The third-order valence-electron chi connectivity index (χ3n) is 2.74. The van der Waals surface area contributed by atoms with Crippen molar-refractivity contribution < 1.29 is 17.9 Å². The Hall–Kier alpha value is -2.48. The molecule has 1 aromatic heterocycles. The summed E-state index contributed by atoms with van der Waals surface area (Å²) in [5.41, 5.74) is 7.34. The number of nitrogens with zero attached hydrogens (tertiary/aromatic N) is 2. The van der Waals surface area contributed by atoms with Gasteiger partial charge in [-0.25, -0.2) is 23.2 Å². The number of carbonyl (C=O) groups excluding carboxylic acids is 1. The van der Waals surface area contributed by atoms with Crippen LogP contribution in [0.2, 0.25) is 0 Å². The zero-order valence-corrected chi connectivity index (χ0v) is 12.0. The number of hydrogen-bond donors (Lipinski definition) is 2. The van der Waals surface area contributed by atoms with Crippen LogP contribution in [0, 0.1) is 0 Å². The van der Waals surface area contributed by atoms with Gasteiger partial charge in [-0.1, -0.05) is 24.3 Å². The summed E-state index contributed by atoms with van der Waals surface area (Å²) in [6.45, 7) is 0. The number of benzene rings is 1. The summed E-state index contributed by atoms with van der Waals surface area (Å²) >= 11 is 0. The van der Waals surface area contributed by atoms with Gasteiger partial charge in [0.2, 0.25) is 0 Å². The molecule has 110 valence electrons. The lowest BCUT2D eigenvalue weighted by Gasteiger charge is -2.06. The number of nitrogen functional groups attached to an aromatic ring is 1. The molecule has 0 aliphatic rings. The maximum absolute atomic E-state index is 11.5. The van der Waals surface area contributed by atoms with Crippen molar-refractivity contribution >= 4 is 22.5 Å². The molecule has 2 aromatic rings. The minimum atomic E-state index is -2.47. The third kappa shape index (κ3) is 3.54. The Kier molecular flexibility index (Phi) is 4.49. The highest BCUT2D eigenvalue weighted by atomic mass is 32.2. The minimum absolute atomic E-state index is 0.00873. The normalized spacial score (nSPS) is 10.6. The number of methoxy groups -OCH3 is 1. The van der Waals surface area contributed by atoms with Gasteiger partial charge >= 0.3 is 5.97 Å². The Morgan fingerprint density at radius 1 is 1.29 bits per heavy atom. The van der Waals surface area contributed by atoms with Crippen molar-refractivity contribution in [3.05, 3.63) is 41.7 Å². The standard InChI is InChI=1S/C13H13N3O4S/c1-20-13(17)11-12(14)15-6-10(16-11)9-4-2-8(3-5-9)7-21(18)19/h2-6,21H,7H2,1H3,(H2,14,15). The lowest BCUT2D eigenvalue weighted by atomic mass is 10.1. The second-order valence-corrected chi connectivity index (χ2v) is 5.15. The van der Waals surface area contributed by atoms with Crippen LogP contribution in [-0.4, -0.2) is 31.5 Å². The van der Waals surface area contributed by atoms with Gasteiger partial charge in [0.25, 0.3) is 0 Å². The molecule has 2 N–H and O–H groups in total. The van der Waals surface area contributed by atoms with Crippen molar-refractivity contribution in [3.8, 4) is 11.3 Å². The molecule has 0 spiro atoms. The zero-order valence-electron chi connectivity index (χ0n) is 11.1. The fourth-order valence-electron chi connectivity index (χ4n) is 1.71. The lowest BCUT2D eigenvalue weighted by Crippen LogP contribution is -2.10. The van der Waals surface area contributed by atoms with E-state index in [1.165, 1.54) is 13.3 Å². The molecule has 0 unspecified atom stereocenters. The van der Waals surface area contributed by atoms with Gasteiger partial charge in [-0.2, -0.15) is 0 Å². The number of nitrogens with two attached hydrogens (primary N) is 1. The predicted octanol–water partition coefficient (Wildman–Crippen LogP) is 0.624. The number of rotatable bonds is 4. The fraction of sp³-hybridized carbons (Fsp3) is 0.154. The van der Waals surface area contributed by atoms with Crippen LogP contribution in [0.3, 0.4) is 0 Å². The lowest BCUT2D eigenvalue weighted by molar-refractivity contribution is 0.0595. The quantitative estimate of drug-likeness (QED) is 0.629.